The largest absolute Gasteiger partial charge is 0.491 e. The van der Waals surface area contributed by atoms with Crippen LogP contribution in [-0.2, 0) is 15.8 Å². The van der Waals surface area contributed by atoms with Crippen molar-refractivity contribution in [1.82, 2.24) is 0 Å². The van der Waals surface area contributed by atoms with Crippen LogP contribution in [0, 0.1) is 0 Å². The first kappa shape index (κ1) is 24.1. The molecule has 0 bridgehead atoms. The Balaban J connectivity index is 2.26. The molecule has 10 heteroatoms. The highest BCUT2D eigenvalue weighted by molar-refractivity contribution is 6.32. The quantitative estimate of drug-likeness (QED) is 0.549. The first-order valence-electron chi connectivity index (χ1n) is 9.03. The maximum atomic E-state index is 13.4. The van der Waals surface area contributed by atoms with E-state index in [1.54, 1.807) is 13.0 Å². The zero-order chi connectivity index (χ0) is 23.2. The summed E-state index contributed by atoms with van der Waals surface area (Å²) in [6, 6.07) is 6.18. The fraction of sp³-hybridized carbons (Fsp3) is 0.238. The molecule has 0 saturated carbocycles. The first-order chi connectivity index (χ1) is 14.5. The second-order valence-corrected chi connectivity index (χ2v) is 6.64. The van der Waals surface area contributed by atoms with E-state index in [9.17, 15) is 22.8 Å². The Morgan fingerprint density at radius 3 is 2.45 bits per heavy atom. The van der Waals surface area contributed by atoms with Crippen LogP contribution in [0.15, 0.2) is 36.4 Å². The normalized spacial score (nSPS) is 11.3. The lowest BCUT2D eigenvalue weighted by atomic mass is 10.1. The number of halogens is 4. The number of anilines is 2. The van der Waals surface area contributed by atoms with Gasteiger partial charge in [-0.2, -0.15) is 13.2 Å². The molecule has 0 saturated heterocycles. The minimum absolute atomic E-state index is 0.0373. The standard InChI is InChI=1S/C21H20ClF3N2O4/c1-4-31-18-10-13(9-16(22)20(18)30-3)5-8-19(29)27-17-7-6-14(26-12(2)28)11-15(17)21(23,24)25/h5-11H,4H2,1-3H3,(H,26,28)(H,27,29)/b8-5+. The Kier molecular flexibility index (Phi) is 7.93. The van der Waals surface area contributed by atoms with Crippen molar-refractivity contribution in [1.29, 1.82) is 0 Å². The van der Waals surface area contributed by atoms with Gasteiger partial charge in [0, 0.05) is 18.7 Å². The fourth-order valence-electron chi connectivity index (χ4n) is 2.66. The van der Waals surface area contributed by atoms with Gasteiger partial charge in [0.25, 0.3) is 0 Å². The predicted octanol–water partition coefficient (Wildman–Crippen LogP) is 5.38. The van der Waals surface area contributed by atoms with E-state index in [4.69, 9.17) is 21.1 Å². The summed E-state index contributed by atoms with van der Waals surface area (Å²) in [6.45, 7) is 3.31. The van der Waals surface area contributed by atoms with Crippen LogP contribution >= 0.6 is 11.6 Å². The molecule has 166 valence electrons. The van der Waals surface area contributed by atoms with E-state index in [0.717, 1.165) is 18.2 Å². The number of carbonyl (C=O) groups is 2. The maximum absolute atomic E-state index is 13.4. The molecule has 0 aliphatic heterocycles. The van der Waals surface area contributed by atoms with Crippen molar-refractivity contribution < 1.29 is 32.2 Å². The van der Waals surface area contributed by atoms with E-state index in [0.29, 0.717) is 23.7 Å². The molecule has 0 aliphatic rings. The summed E-state index contributed by atoms with van der Waals surface area (Å²) in [5.74, 6) is -0.607. The van der Waals surface area contributed by atoms with Gasteiger partial charge in [-0.05, 0) is 48.9 Å². The van der Waals surface area contributed by atoms with Crippen molar-refractivity contribution in [3.63, 3.8) is 0 Å². The molecule has 2 amide bonds. The number of benzene rings is 2. The molecular weight excluding hydrogens is 437 g/mol. The number of carbonyl (C=O) groups excluding carboxylic acids is 2. The van der Waals surface area contributed by atoms with E-state index in [2.05, 4.69) is 10.6 Å². The molecule has 0 aromatic heterocycles. The minimum Gasteiger partial charge on any atom is -0.491 e. The second kappa shape index (κ2) is 10.2. The van der Waals surface area contributed by atoms with Gasteiger partial charge in [0.05, 0.1) is 30.0 Å². The van der Waals surface area contributed by atoms with Gasteiger partial charge in [-0.1, -0.05) is 11.6 Å². The van der Waals surface area contributed by atoms with Crippen molar-refractivity contribution in [2.45, 2.75) is 20.0 Å². The van der Waals surface area contributed by atoms with Gasteiger partial charge >= 0.3 is 6.18 Å². The molecule has 6 nitrogen and oxygen atoms in total. The zero-order valence-electron chi connectivity index (χ0n) is 16.9. The topological polar surface area (TPSA) is 76.7 Å². The molecule has 0 radical (unpaired) electrons. The monoisotopic (exact) mass is 456 g/mol. The number of rotatable bonds is 7. The molecular formula is C21H20ClF3N2O4. The number of ether oxygens (including phenoxy) is 2. The maximum Gasteiger partial charge on any atom is 0.418 e. The lowest BCUT2D eigenvalue weighted by molar-refractivity contribution is -0.137. The average molecular weight is 457 g/mol. The van der Waals surface area contributed by atoms with Crippen molar-refractivity contribution in [3.05, 3.63) is 52.6 Å². The summed E-state index contributed by atoms with van der Waals surface area (Å²) in [5, 5.41) is 4.72. The summed E-state index contributed by atoms with van der Waals surface area (Å²) < 4.78 is 50.8. The lowest BCUT2D eigenvalue weighted by Crippen LogP contribution is -2.16. The summed E-state index contributed by atoms with van der Waals surface area (Å²) in [6.07, 6.45) is -2.30. The second-order valence-electron chi connectivity index (χ2n) is 6.23. The molecule has 0 unspecified atom stereocenters. The van der Waals surface area contributed by atoms with Crippen LogP contribution in [0.1, 0.15) is 25.0 Å². The van der Waals surface area contributed by atoms with E-state index in [1.165, 1.54) is 32.2 Å². The fourth-order valence-corrected chi connectivity index (χ4v) is 2.96. The zero-order valence-corrected chi connectivity index (χ0v) is 17.6. The highest BCUT2D eigenvalue weighted by Gasteiger charge is 2.34. The number of amides is 2. The molecule has 0 atom stereocenters. The Morgan fingerprint density at radius 1 is 1.16 bits per heavy atom. The number of nitrogens with one attached hydrogen (secondary N) is 2. The Labute approximate surface area is 182 Å². The molecule has 2 aromatic carbocycles. The van der Waals surface area contributed by atoms with Crippen LogP contribution in [0.25, 0.3) is 6.08 Å². The van der Waals surface area contributed by atoms with Crippen LogP contribution in [0.3, 0.4) is 0 Å². The smallest absolute Gasteiger partial charge is 0.418 e. The predicted molar refractivity (Wildman–Crippen MR) is 113 cm³/mol. The van der Waals surface area contributed by atoms with Gasteiger partial charge in [0.1, 0.15) is 0 Å². The van der Waals surface area contributed by atoms with Gasteiger partial charge in [-0.25, -0.2) is 0 Å². The average Bonchev–Trinajstić information content (AvgIpc) is 2.66. The molecule has 0 aliphatic carbocycles. The highest BCUT2D eigenvalue weighted by atomic mass is 35.5. The van der Waals surface area contributed by atoms with E-state index in [-0.39, 0.29) is 10.7 Å². The van der Waals surface area contributed by atoms with Gasteiger partial charge in [-0.15, -0.1) is 0 Å². The number of hydrogen-bond acceptors (Lipinski definition) is 4. The Morgan fingerprint density at radius 2 is 1.87 bits per heavy atom. The molecule has 2 rings (SSSR count). The van der Waals surface area contributed by atoms with Gasteiger partial charge < -0.3 is 20.1 Å². The van der Waals surface area contributed by atoms with Crippen LogP contribution < -0.4 is 20.1 Å². The van der Waals surface area contributed by atoms with E-state index >= 15 is 0 Å². The summed E-state index contributed by atoms with van der Waals surface area (Å²) in [4.78, 5) is 23.3. The van der Waals surface area contributed by atoms with Crippen LogP contribution in [0.5, 0.6) is 11.5 Å². The van der Waals surface area contributed by atoms with Crippen molar-refractivity contribution in [2.75, 3.05) is 24.4 Å². The summed E-state index contributed by atoms with van der Waals surface area (Å²) >= 11 is 6.14. The number of hydrogen-bond donors (Lipinski definition) is 2. The van der Waals surface area contributed by atoms with Gasteiger partial charge in [0.15, 0.2) is 11.5 Å². The highest BCUT2D eigenvalue weighted by Crippen LogP contribution is 2.38. The molecule has 0 spiro atoms. The van der Waals surface area contributed by atoms with Crippen LogP contribution in [-0.4, -0.2) is 25.5 Å². The molecule has 0 heterocycles. The third-order valence-electron chi connectivity index (χ3n) is 3.87. The molecule has 31 heavy (non-hydrogen) atoms. The van der Waals surface area contributed by atoms with Crippen LogP contribution in [0.4, 0.5) is 24.5 Å². The number of alkyl halides is 3. The van der Waals surface area contributed by atoms with E-state index in [1.807, 2.05) is 0 Å². The minimum atomic E-state index is -4.74. The summed E-state index contributed by atoms with van der Waals surface area (Å²) in [7, 11) is 1.43. The molecule has 0 fully saturated rings. The first-order valence-corrected chi connectivity index (χ1v) is 9.41. The van der Waals surface area contributed by atoms with Gasteiger partial charge in [-0.3, -0.25) is 9.59 Å². The lowest BCUT2D eigenvalue weighted by Gasteiger charge is -2.15. The van der Waals surface area contributed by atoms with Crippen LogP contribution in [0.2, 0.25) is 5.02 Å². The third kappa shape index (κ3) is 6.65. The van der Waals surface area contributed by atoms with Crippen molar-refractivity contribution in [2.24, 2.45) is 0 Å². The summed E-state index contributed by atoms with van der Waals surface area (Å²) in [5.41, 5.74) is -1.09. The van der Waals surface area contributed by atoms with Crippen molar-refractivity contribution >= 4 is 40.9 Å². The Bertz CT molecular complexity index is 1010. The van der Waals surface area contributed by atoms with Gasteiger partial charge in [0.2, 0.25) is 11.8 Å². The SMILES string of the molecule is CCOc1cc(/C=C/C(=O)Nc2ccc(NC(C)=O)cc2C(F)(F)F)cc(Cl)c1OC. The van der Waals surface area contributed by atoms with E-state index < -0.39 is 29.2 Å². The third-order valence-corrected chi connectivity index (χ3v) is 4.15. The molecule has 2 N–H and O–H groups in total. The molecule has 2 aromatic rings. The Hall–Kier alpha value is -3.20. The number of methoxy groups -OCH3 is 1. The van der Waals surface area contributed by atoms with Crippen molar-refractivity contribution in [3.8, 4) is 11.5 Å².